The van der Waals surface area contributed by atoms with Gasteiger partial charge in [0, 0.05) is 22.1 Å². The highest BCUT2D eigenvalue weighted by molar-refractivity contribution is 7.90. The van der Waals surface area contributed by atoms with Crippen LogP contribution in [0.4, 0.5) is 10.1 Å². The quantitative estimate of drug-likeness (QED) is 0.396. The Labute approximate surface area is 195 Å². The molecule has 0 radical (unpaired) electrons. The lowest BCUT2D eigenvalue weighted by atomic mass is 10.2. The minimum atomic E-state index is -3.76. The molecule has 0 aliphatic heterocycles. The standard InChI is InChI=1S/C24H20ClFN2O4S/c1-32-22-11-8-17(25)12-20(22)27-24(29)14-28-13-23(19-4-2-3-5-21(19)28)33(30,31)15-16-6-9-18(26)10-7-16/h2-13H,14-15H2,1H3,(H,27,29). The molecular weight excluding hydrogens is 467 g/mol. The molecule has 6 nitrogen and oxygen atoms in total. The number of hydrogen-bond donors (Lipinski definition) is 1. The van der Waals surface area contributed by atoms with E-state index in [2.05, 4.69) is 5.32 Å². The summed E-state index contributed by atoms with van der Waals surface area (Å²) in [6.45, 7) is -0.123. The van der Waals surface area contributed by atoms with Gasteiger partial charge in [-0.2, -0.15) is 0 Å². The molecule has 33 heavy (non-hydrogen) atoms. The van der Waals surface area contributed by atoms with Gasteiger partial charge in [-0.05, 0) is 42.0 Å². The van der Waals surface area contributed by atoms with Gasteiger partial charge in [0.2, 0.25) is 5.91 Å². The highest BCUT2D eigenvalue weighted by atomic mass is 35.5. The summed E-state index contributed by atoms with van der Waals surface area (Å²) in [6, 6.07) is 17.1. The smallest absolute Gasteiger partial charge is 0.244 e. The number of aromatic nitrogens is 1. The molecule has 0 unspecified atom stereocenters. The van der Waals surface area contributed by atoms with Crippen LogP contribution in [0.3, 0.4) is 0 Å². The van der Waals surface area contributed by atoms with Gasteiger partial charge in [-0.3, -0.25) is 4.79 Å². The third kappa shape index (κ3) is 5.02. The van der Waals surface area contributed by atoms with E-state index in [1.807, 2.05) is 0 Å². The second-order valence-corrected chi connectivity index (χ2v) is 9.81. The number of carbonyl (C=O) groups is 1. The zero-order valence-electron chi connectivity index (χ0n) is 17.6. The van der Waals surface area contributed by atoms with Gasteiger partial charge in [-0.25, -0.2) is 12.8 Å². The first-order chi connectivity index (χ1) is 15.8. The fourth-order valence-corrected chi connectivity index (χ4v) is 5.35. The molecule has 0 bridgehead atoms. The number of carbonyl (C=O) groups excluding carboxylic acids is 1. The number of halogens is 2. The van der Waals surface area contributed by atoms with Crippen LogP contribution in [0.1, 0.15) is 5.56 Å². The number of nitrogens with zero attached hydrogens (tertiary/aromatic N) is 1. The van der Waals surface area contributed by atoms with Crippen molar-refractivity contribution in [2.24, 2.45) is 0 Å². The topological polar surface area (TPSA) is 77.4 Å². The van der Waals surface area contributed by atoms with E-state index in [-0.39, 0.29) is 23.1 Å². The molecule has 0 aliphatic rings. The van der Waals surface area contributed by atoms with Gasteiger partial charge >= 0.3 is 0 Å². The molecule has 0 saturated heterocycles. The van der Waals surface area contributed by atoms with E-state index in [1.165, 1.54) is 37.6 Å². The summed E-state index contributed by atoms with van der Waals surface area (Å²) >= 11 is 6.02. The second-order valence-electron chi connectivity index (χ2n) is 7.42. The van der Waals surface area contributed by atoms with E-state index >= 15 is 0 Å². The predicted octanol–water partition coefficient (Wildman–Crippen LogP) is 5.06. The Bertz CT molecular complexity index is 1430. The monoisotopic (exact) mass is 486 g/mol. The van der Waals surface area contributed by atoms with Gasteiger partial charge in [0.1, 0.15) is 18.1 Å². The average Bonchev–Trinajstić information content (AvgIpc) is 3.15. The van der Waals surface area contributed by atoms with Crippen LogP contribution >= 0.6 is 11.6 Å². The Hall–Kier alpha value is -3.36. The zero-order valence-corrected chi connectivity index (χ0v) is 19.2. The number of amides is 1. The number of hydrogen-bond acceptors (Lipinski definition) is 4. The lowest BCUT2D eigenvalue weighted by molar-refractivity contribution is -0.116. The summed E-state index contributed by atoms with van der Waals surface area (Å²) in [7, 11) is -2.27. The first-order valence-electron chi connectivity index (χ1n) is 9.95. The van der Waals surface area contributed by atoms with Gasteiger partial charge in [0.05, 0.1) is 23.4 Å². The van der Waals surface area contributed by atoms with Crippen molar-refractivity contribution in [2.75, 3.05) is 12.4 Å². The number of nitrogens with one attached hydrogen (secondary N) is 1. The van der Waals surface area contributed by atoms with Crippen molar-refractivity contribution < 1.29 is 22.3 Å². The summed E-state index contributed by atoms with van der Waals surface area (Å²) < 4.78 is 46.4. The van der Waals surface area contributed by atoms with Gasteiger partial charge in [0.25, 0.3) is 0 Å². The Morgan fingerprint density at radius 3 is 2.55 bits per heavy atom. The number of methoxy groups -OCH3 is 1. The molecule has 4 rings (SSSR count). The molecule has 1 amide bonds. The fourth-order valence-electron chi connectivity index (χ4n) is 3.59. The van der Waals surface area contributed by atoms with Crippen molar-refractivity contribution >= 4 is 43.9 Å². The normalized spacial score (nSPS) is 11.5. The van der Waals surface area contributed by atoms with E-state index in [9.17, 15) is 17.6 Å². The third-order valence-corrected chi connectivity index (χ3v) is 7.05. The highest BCUT2D eigenvalue weighted by Gasteiger charge is 2.22. The van der Waals surface area contributed by atoms with E-state index in [4.69, 9.17) is 16.3 Å². The minimum absolute atomic E-state index is 0.107. The van der Waals surface area contributed by atoms with Gasteiger partial charge in [-0.15, -0.1) is 0 Å². The van der Waals surface area contributed by atoms with Crippen LogP contribution < -0.4 is 10.1 Å². The minimum Gasteiger partial charge on any atom is -0.495 e. The van der Waals surface area contributed by atoms with Gasteiger partial charge < -0.3 is 14.6 Å². The number of ether oxygens (including phenoxy) is 1. The number of fused-ring (bicyclic) bond motifs is 1. The number of anilines is 1. The molecule has 1 N–H and O–H groups in total. The molecule has 0 saturated carbocycles. The van der Waals surface area contributed by atoms with Crippen molar-refractivity contribution in [3.8, 4) is 5.75 Å². The van der Waals surface area contributed by atoms with Crippen LogP contribution in [-0.4, -0.2) is 26.0 Å². The number of rotatable bonds is 7. The summed E-state index contributed by atoms with van der Waals surface area (Å²) in [4.78, 5) is 12.9. The third-order valence-electron chi connectivity index (χ3n) is 5.11. The molecule has 9 heteroatoms. The van der Waals surface area contributed by atoms with Crippen molar-refractivity contribution in [2.45, 2.75) is 17.2 Å². The van der Waals surface area contributed by atoms with Crippen molar-refractivity contribution in [3.63, 3.8) is 0 Å². The van der Waals surface area contributed by atoms with Crippen LogP contribution in [0.5, 0.6) is 5.75 Å². The SMILES string of the molecule is COc1ccc(Cl)cc1NC(=O)Cn1cc(S(=O)(=O)Cc2ccc(F)cc2)c2ccccc21. The van der Waals surface area contributed by atoms with Crippen LogP contribution in [-0.2, 0) is 26.9 Å². The molecular formula is C24H20ClFN2O4S. The van der Waals surface area contributed by atoms with Crippen molar-refractivity contribution in [1.29, 1.82) is 0 Å². The maximum absolute atomic E-state index is 13.2. The van der Waals surface area contributed by atoms with Gasteiger partial charge in [-0.1, -0.05) is 41.9 Å². The van der Waals surface area contributed by atoms with E-state index in [1.54, 1.807) is 47.0 Å². The molecule has 1 aromatic heterocycles. The molecule has 3 aromatic carbocycles. The molecule has 4 aromatic rings. The van der Waals surface area contributed by atoms with Crippen LogP contribution in [0.2, 0.25) is 5.02 Å². The Morgan fingerprint density at radius 1 is 1.09 bits per heavy atom. The Balaban J connectivity index is 1.64. The first kappa shape index (κ1) is 22.8. The predicted molar refractivity (Wildman–Crippen MR) is 126 cm³/mol. The highest BCUT2D eigenvalue weighted by Crippen LogP contribution is 2.30. The van der Waals surface area contributed by atoms with E-state index in [0.29, 0.717) is 32.9 Å². The zero-order chi connectivity index (χ0) is 23.6. The second kappa shape index (κ2) is 9.25. The van der Waals surface area contributed by atoms with Crippen molar-refractivity contribution in [3.05, 3.63) is 89.3 Å². The van der Waals surface area contributed by atoms with E-state index in [0.717, 1.165) is 0 Å². The Morgan fingerprint density at radius 2 is 1.82 bits per heavy atom. The molecule has 0 fully saturated rings. The summed E-state index contributed by atoms with van der Waals surface area (Å²) in [5.74, 6) is -0.644. The lowest BCUT2D eigenvalue weighted by Crippen LogP contribution is -2.18. The number of sulfone groups is 1. The maximum Gasteiger partial charge on any atom is 0.244 e. The largest absolute Gasteiger partial charge is 0.495 e. The fraction of sp³-hybridized carbons (Fsp3) is 0.125. The molecule has 170 valence electrons. The molecule has 0 atom stereocenters. The lowest BCUT2D eigenvalue weighted by Gasteiger charge is -2.11. The molecule has 1 heterocycles. The number of para-hydroxylation sites is 1. The summed E-state index contributed by atoms with van der Waals surface area (Å²) in [5.41, 5.74) is 1.48. The molecule has 0 aliphatic carbocycles. The van der Waals surface area contributed by atoms with Crippen LogP contribution in [0.25, 0.3) is 10.9 Å². The average molecular weight is 487 g/mol. The van der Waals surface area contributed by atoms with Crippen molar-refractivity contribution in [1.82, 2.24) is 4.57 Å². The summed E-state index contributed by atoms with van der Waals surface area (Å²) in [5, 5.41) is 3.70. The van der Waals surface area contributed by atoms with E-state index < -0.39 is 15.7 Å². The Kier molecular flexibility index (Phi) is 6.40. The summed E-state index contributed by atoms with van der Waals surface area (Å²) in [6.07, 6.45) is 1.46. The van der Waals surface area contributed by atoms with Gasteiger partial charge in [0.15, 0.2) is 9.84 Å². The van der Waals surface area contributed by atoms with Crippen LogP contribution in [0, 0.1) is 5.82 Å². The molecule has 0 spiro atoms. The van der Waals surface area contributed by atoms with Crippen LogP contribution in [0.15, 0.2) is 77.8 Å². The maximum atomic E-state index is 13.2. The number of benzene rings is 3. The first-order valence-corrected chi connectivity index (χ1v) is 12.0.